The first-order valence-electron chi connectivity index (χ1n) is 7.48. The highest BCUT2D eigenvalue weighted by Crippen LogP contribution is 2.27. The molecule has 114 valence electrons. The van der Waals surface area contributed by atoms with Crippen LogP contribution >= 0.6 is 15.9 Å². The standard InChI is InChI=1S/C15H19BrN2O3/c16-13-6-5-12(21-13)15(20)18-9-7-17(8-10-18)14(19)11-3-1-2-4-11/h5-6,11H,1-4,7-10H2. The van der Waals surface area contributed by atoms with Gasteiger partial charge in [-0.3, -0.25) is 9.59 Å². The molecule has 5 nitrogen and oxygen atoms in total. The quantitative estimate of drug-likeness (QED) is 0.819. The van der Waals surface area contributed by atoms with Gasteiger partial charge in [0.2, 0.25) is 5.91 Å². The van der Waals surface area contributed by atoms with Gasteiger partial charge >= 0.3 is 0 Å². The normalized spacial score (nSPS) is 20.0. The molecule has 0 N–H and O–H groups in total. The highest BCUT2D eigenvalue weighted by atomic mass is 79.9. The number of rotatable bonds is 2. The Morgan fingerprint density at radius 3 is 2.24 bits per heavy atom. The van der Waals surface area contributed by atoms with Gasteiger partial charge in [0.25, 0.3) is 5.91 Å². The summed E-state index contributed by atoms with van der Waals surface area (Å²) in [6.45, 7) is 2.41. The Kier molecular flexibility index (Phi) is 4.33. The lowest BCUT2D eigenvalue weighted by atomic mass is 10.1. The summed E-state index contributed by atoms with van der Waals surface area (Å²) in [5.41, 5.74) is 0. The van der Waals surface area contributed by atoms with Gasteiger partial charge in [-0.15, -0.1) is 0 Å². The van der Waals surface area contributed by atoms with Crippen LogP contribution in [0.4, 0.5) is 0 Å². The monoisotopic (exact) mass is 354 g/mol. The van der Waals surface area contributed by atoms with Crippen LogP contribution in [0.15, 0.2) is 21.2 Å². The van der Waals surface area contributed by atoms with Crippen molar-refractivity contribution in [3.05, 3.63) is 22.6 Å². The molecule has 0 unspecified atom stereocenters. The lowest BCUT2D eigenvalue weighted by Gasteiger charge is -2.35. The van der Waals surface area contributed by atoms with Gasteiger partial charge in [-0.25, -0.2) is 0 Å². The van der Waals surface area contributed by atoms with E-state index in [1.807, 2.05) is 4.90 Å². The summed E-state index contributed by atoms with van der Waals surface area (Å²) >= 11 is 3.20. The van der Waals surface area contributed by atoms with Crippen molar-refractivity contribution in [2.24, 2.45) is 5.92 Å². The molecular formula is C15H19BrN2O3. The second-order valence-electron chi connectivity index (χ2n) is 5.70. The molecular weight excluding hydrogens is 336 g/mol. The predicted octanol–water partition coefficient (Wildman–Crippen LogP) is 2.52. The molecule has 2 heterocycles. The minimum Gasteiger partial charge on any atom is -0.444 e. The number of carbonyl (C=O) groups excluding carboxylic acids is 2. The zero-order valence-electron chi connectivity index (χ0n) is 11.9. The topological polar surface area (TPSA) is 53.8 Å². The fraction of sp³-hybridized carbons (Fsp3) is 0.600. The number of hydrogen-bond donors (Lipinski definition) is 0. The smallest absolute Gasteiger partial charge is 0.289 e. The molecule has 2 fully saturated rings. The third-order valence-electron chi connectivity index (χ3n) is 4.37. The number of nitrogens with zero attached hydrogens (tertiary/aromatic N) is 2. The minimum absolute atomic E-state index is 0.103. The fourth-order valence-electron chi connectivity index (χ4n) is 3.15. The minimum atomic E-state index is -0.103. The Hall–Kier alpha value is -1.30. The van der Waals surface area contributed by atoms with Crippen LogP contribution in [0.3, 0.4) is 0 Å². The van der Waals surface area contributed by atoms with E-state index in [2.05, 4.69) is 15.9 Å². The average molecular weight is 355 g/mol. The van der Waals surface area contributed by atoms with Crippen LogP contribution < -0.4 is 0 Å². The number of piperazine rings is 1. The van der Waals surface area contributed by atoms with Crippen LogP contribution in [0.1, 0.15) is 36.2 Å². The maximum Gasteiger partial charge on any atom is 0.289 e. The highest BCUT2D eigenvalue weighted by molar-refractivity contribution is 9.10. The molecule has 1 aliphatic carbocycles. The summed E-state index contributed by atoms with van der Waals surface area (Å²) in [7, 11) is 0. The fourth-order valence-corrected chi connectivity index (χ4v) is 3.45. The predicted molar refractivity (Wildman–Crippen MR) is 80.8 cm³/mol. The van der Waals surface area contributed by atoms with Crippen molar-refractivity contribution < 1.29 is 14.0 Å². The van der Waals surface area contributed by atoms with Crippen molar-refractivity contribution in [3.63, 3.8) is 0 Å². The molecule has 2 amide bonds. The number of carbonyl (C=O) groups is 2. The first-order valence-corrected chi connectivity index (χ1v) is 8.28. The van der Waals surface area contributed by atoms with E-state index in [4.69, 9.17) is 4.42 Å². The van der Waals surface area contributed by atoms with Gasteiger partial charge in [-0.1, -0.05) is 12.8 Å². The molecule has 1 aromatic rings. The van der Waals surface area contributed by atoms with Crippen LogP contribution in [0.25, 0.3) is 0 Å². The Morgan fingerprint density at radius 1 is 1.05 bits per heavy atom. The molecule has 1 aliphatic heterocycles. The summed E-state index contributed by atoms with van der Waals surface area (Å²) in [5.74, 6) is 0.736. The van der Waals surface area contributed by atoms with E-state index >= 15 is 0 Å². The van der Waals surface area contributed by atoms with Crippen molar-refractivity contribution >= 4 is 27.7 Å². The summed E-state index contributed by atoms with van der Waals surface area (Å²) in [4.78, 5) is 28.3. The number of halogens is 1. The van der Waals surface area contributed by atoms with Crippen molar-refractivity contribution in [2.75, 3.05) is 26.2 Å². The van der Waals surface area contributed by atoms with Crippen LogP contribution in [0.2, 0.25) is 0 Å². The first-order chi connectivity index (χ1) is 10.1. The lowest BCUT2D eigenvalue weighted by molar-refractivity contribution is -0.136. The Bertz CT molecular complexity index is 529. The van der Waals surface area contributed by atoms with Crippen LogP contribution in [-0.2, 0) is 4.79 Å². The summed E-state index contributed by atoms with van der Waals surface area (Å²) in [6, 6.07) is 3.38. The van der Waals surface area contributed by atoms with Gasteiger partial charge in [0.15, 0.2) is 10.4 Å². The zero-order chi connectivity index (χ0) is 14.8. The molecule has 0 spiro atoms. The summed E-state index contributed by atoms with van der Waals surface area (Å²) in [5, 5.41) is 0. The van der Waals surface area contributed by atoms with Gasteiger partial charge in [-0.2, -0.15) is 0 Å². The van der Waals surface area contributed by atoms with Crippen LogP contribution in [0.5, 0.6) is 0 Å². The maximum atomic E-state index is 12.3. The Morgan fingerprint density at radius 2 is 1.67 bits per heavy atom. The van der Waals surface area contributed by atoms with E-state index in [9.17, 15) is 9.59 Å². The Balaban J connectivity index is 1.55. The third kappa shape index (κ3) is 3.15. The molecule has 3 rings (SSSR count). The molecule has 1 saturated carbocycles. The maximum absolute atomic E-state index is 12.3. The molecule has 1 aromatic heterocycles. The van der Waals surface area contributed by atoms with Crippen molar-refractivity contribution in [1.29, 1.82) is 0 Å². The molecule has 0 radical (unpaired) electrons. The summed E-state index contributed by atoms with van der Waals surface area (Å²) < 4.78 is 5.86. The second-order valence-corrected chi connectivity index (χ2v) is 6.48. The lowest BCUT2D eigenvalue weighted by Crippen LogP contribution is -2.51. The molecule has 6 heteroatoms. The van der Waals surface area contributed by atoms with Gasteiger partial charge in [-0.05, 0) is 40.9 Å². The first kappa shape index (κ1) is 14.6. The Labute approximate surface area is 132 Å². The van der Waals surface area contributed by atoms with Gasteiger partial charge in [0, 0.05) is 32.1 Å². The largest absolute Gasteiger partial charge is 0.444 e. The molecule has 0 bridgehead atoms. The third-order valence-corrected chi connectivity index (χ3v) is 4.79. The van der Waals surface area contributed by atoms with Gasteiger partial charge in [0.1, 0.15) is 0 Å². The van der Waals surface area contributed by atoms with E-state index in [1.165, 1.54) is 12.8 Å². The summed E-state index contributed by atoms with van der Waals surface area (Å²) in [6.07, 6.45) is 4.39. The van der Waals surface area contributed by atoms with Crippen molar-refractivity contribution in [3.8, 4) is 0 Å². The molecule has 2 aliphatic rings. The van der Waals surface area contributed by atoms with Crippen LogP contribution in [0, 0.1) is 5.92 Å². The van der Waals surface area contributed by atoms with E-state index in [1.54, 1.807) is 17.0 Å². The second kappa shape index (κ2) is 6.22. The molecule has 1 saturated heterocycles. The number of hydrogen-bond acceptors (Lipinski definition) is 3. The van der Waals surface area contributed by atoms with E-state index < -0.39 is 0 Å². The SMILES string of the molecule is O=C(c1ccc(Br)o1)N1CCN(C(=O)C2CCCC2)CC1. The van der Waals surface area contributed by atoms with Gasteiger partial charge in [0.05, 0.1) is 0 Å². The molecule has 0 atom stereocenters. The average Bonchev–Trinajstić information content (AvgIpc) is 3.17. The van der Waals surface area contributed by atoms with Gasteiger partial charge < -0.3 is 14.2 Å². The van der Waals surface area contributed by atoms with E-state index in [-0.39, 0.29) is 17.7 Å². The molecule has 0 aromatic carbocycles. The van der Waals surface area contributed by atoms with E-state index in [0.717, 1.165) is 12.8 Å². The molecule has 21 heavy (non-hydrogen) atoms. The highest BCUT2D eigenvalue weighted by Gasteiger charge is 2.31. The van der Waals surface area contributed by atoms with Crippen molar-refractivity contribution in [2.45, 2.75) is 25.7 Å². The number of furan rings is 1. The number of amides is 2. The van der Waals surface area contributed by atoms with Crippen LogP contribution in [-0.4, -0.2) is 47.8 Å². The van der Waals surface area contributed by atoms with E-state index in [0.29, 0.717) is 36.6 Å². The van der Waals surface area contributed by atoms with Crippen molar-refractivity contribution in [1.82, 2.24) is 9.80 Å². The zero-order valence-corrected chi connectivity index (χ0v) is 13.5.